The molecule has 3 heterocycles. The van der Waals surface area contributed by atoms with Gasteiger partial charge in [0, 0.05) is 19.6 Å². The standard InChI is InChI=1S/C15H20N2O3S/c1-15(2)10-17(7-12(8-18)20-15)6-11-9-19-14(16-11)13-4-3-5-21-13/h3-5,9,12,18H,6-8,10H2,1-2H3. The summed E-state index contributed by atoms with van der Waals surface area (Å²) < 4.78 is 11.4. The van der Waals surface area contributed by atoms with E-state index in [9.17, 15) is 5.11 Å². The molecule has 1 saturated heterocycles. The second-order valence-corrected chi connectivity index (χ2v) is 6.92. The van der Waals surface area contributed by atoms with Crippen LogP contribution >= 0.6 is 11.3 Å². The van der Waals surface area contributed by atoms with Crippen LogP contribution in [0, 0.1) is 0 Å². The van der Waals surface area contributed by atoms with E-state index >= 15 is 0 Å². The van der Waals surface area contributed by atoms with E-state index in [4.69, 9.17) is 9.15 Å². The number of morpholine rings is 1. The summed E-state index contributed by atoms with van der Waals surface area (Å²) in [6.45, 7) is 6.35. The lowest BCUT2D eigenvalue weighted by Crippen LogP contribution is -2.53. The van der Waals surface area contributed by atoms with Crippen molar-refractivity contribution in [2.45, 2.75) is 32.1 Å². The number of hydrogen-bond donors (Lipinski definition) is 1. The molecule has 1 atom stereocenters. The Bertz CT molecular complexity index is 580. The van der Waals surface area contributed by atoms with E-state index in [1.54, 1.807) is 17.6 Å². The van der Waals surface area contributed by atoms with Gasteiger partial charge in [-0.1, -0.05) is 6.07 Å². The van der Waals surface area contributed by atoms with Crippen molar-refractivity contribution in [3.8, 4) is 10.8 Å². The fourth-order valence-electron chi connectivity index (χ4n) is 2.75. The summed E-state index contributed by atoms with van der Waals surface area (Å²) in [6.07, 6.45) is 1.57. The highest BCUT2D eigenvalue weighted by molar-refractivity contribution is 7.13. The normalized spacial score (nSPS) is 22.5. The highest BCUT2D eigenvalue weighted by Crippen LogP contribution is 2.26. The molecule has 3 rings (SSSR count). The van der Waals surface area contributed by atoms with Crippen LogP contribution < -0.4 is 0 Å². The van der Waals surface area contributed by atoms with Crippen LogP contribution in [0.1, 0.15) is 19.5 Å². The maximum absolute atomic E-state index is 9.35. The Morgan fingerprint density at radius 1 is 1.52 bits per heavy atom. The third-order valence-corrected chi connectivity index (χ3v) is 4.28. The average Bonchev–Trinajstić information content (AvgIpc) is 3.06. The molecule has 6 heteroatoms. The molecule has 0 amide bonds. The van der Waals surface area contributed by atoms with Gasteiger partial charge in [0.05, 0.1) is 28.9 Å². The number of thiophene rings is 1. The summed E-state index contributed by atoms with van der Waals surface area (Å²) in [6, 6.07) is 3.99. The predicted octanol–water partition coefficient (Wildman–Crippen LogP) is 2.37. The maximum Gasteiger partial charge on any atom is 0.236 e. The van der Waals surface area contributed by atoms with E-state index in [1.807, 2.05) is 31.4 Å². The molecule has 0 aliphatic carbocycles. The van der Waals surface area contributed by atoms with Gasteiger partial charge >= 0.3 is 0 Å². The van der Waals surface area contributed by atoms with Gasteiger partial charge in [-0.2, -0.15) is 0 Å². The summed E-state index contributed by atoms with van der Waals surface area (Å²) in [7, 11) is 0. The van der Waals surface area contributed by atoms with Gasteiger partial charge in [0.15, 0.2) is 0 Å². The second kappa shape index (κ2) is 5.88. The molecule has 0 bridgehead atoms. The third kappa shape index (κ3) is 3.52. The van der Waals surface area contributed by atoms with Crippen molar-refractivity contribution < 1.29 is 14.3 Å². The first-order chi connectivity index (χ1) is 10.1. The highest BCUT2D eigenvalue weighted by Gasteiger charge is 2.33. The van der Waals surface area contributed by atoms with E-state index in [2.05, 4.69) is 9.88 Å². The van der Waals surface area contributed by atoms with Gasteiger partial charge in [0.2, 0.25) is 5.89 Å². The van der Waals surface area contributed by atoms with Crippen molar-refractivity contribution in [1.29, 1.82) is 0 Å². The number of rotatable bonds is 4. The Labute approximate surface area is 128 Å². The Morgan fingerprint density at radius 3 is 3.10 bits per heavy atom. The first kappa shape index (κ1) is 14.7. The number of aliphatic hydroxyl groups is 1. The summed E-state index contributed by atoms with van der Waals surface area (Å²) >= 11 is 1.62. The SMILES string of the molecule is CC1(C)CN(Cc2coc(-c3cccs3)n2)CC(CO)O1. The summed E-state index contributed by atoms with van der Waals surface area (Å²) in [5.41, 5.74) is 0.652. The van der Waals surface area contributed by atoms with Gasteiger partial charge in [-0.15, -0.1) is 11.3 Å². The maximum atomic E-state index is 9.35. The van der Waals surface area contributed by atoms with Crippen molar-refractivity contribution in [2.75, 3.05) is 19.7 Å². The van der Waals surface area contributed by atoms with Crippen LogP contribution in [0.2, 0.25) is 0 Å². The molecule has 2 aromatic rings. The predicted molar refractivity (Wildman–Crippen MR) is 81.1 cm³/mol. The smallest absolute Gasteiger partial charge is 0.236 e. The fourth-order valence-corrected chi connectivity index (χ4v) is 3.41. The average molecular weight is 308 g/mol. The molecule has 1 fully saturated rings. The molecule has 114 valence electrons. The van der Waals surface area contributed by atoms with Crippen molar-refractivity contribution >= 4 is 11.3 Å². The molecule has 0 radical (unpaired) electrons. The van der Waals surface area contributed by atoms with Gasteiger partial charge in [-0.3, -0.25) is 4.90 Å². The minimum Gasteiger partial charge on any atom is -0.444 e. The van der Waals surface area contributed by atoms with Crippen LogP contribution in [0.3, 0.4) is 0 Å². The fraction of sp³-hybridized carbons (Fsp3) is 0.533. The zero-order valence-electron chi connectivity index (χ0n) is 12.3. The van der Waals surface area contributed by atoms with E-state index in [0.717, 1.165) is 17.1 Å². The molecule has 0 saturated carbocycles. The van der Waals surface area contributed by atoms with Crippen molar-refractivity contribution in [1.82, 2.24) is 9.88 Å². The highest BCUT2D eigenvalue weighted by atomic mass is 32.1. The zero-order chi connectivity index (χ0) is 14.9. The van der Waals surface area contributed by atoms with E-state index in [1.165, 1.54) is 0 Å². The van der Waals surface area contributed by atoms with Crippen LogP contribution in [0.5, 0.6) is 0 Å². The van der Waals surface area contributed by atoms with Crippen molar-refractivity contribution in [3.05, 3.63) is 29.5 Å². The molecule has 2 aromatic heterocycles. The molecule has 1 unspecified atom stereocenters. The first-order valence-corrected chi connectivity index (χ1v) is 7.93. The largest absolute Gasteiger partial charge is 0.444 e. The summed E-state index contributed by atoms with van der Waals surface area (Å²) in [5, 5.41) is 11.4. The van der Waals surface area contributed by atoms with Gasteiger partial charge < -0.3 is 14.3 Å². The Kier molecular flexibility index (Phi) is 4.12. The number of nitrogens with zero attached hydrogens (tertiary/aromatic N) is 2. The minimum atomic E-state index is -0.258. The van der Waals surface area contributed by atoms with Gasteiger partial charge in [0.1, 0.15) is 6.26 Å². The Hall–Kier alpha value is -1.21. The van der Waals surface area contributed by atoms with Crippen LogP contribution in [0.15, 0.2) is 28.2 Å². The molecule has 1 aliphatic rings. The molecule has 0 aromatic carbocycles. The first-order valence-electron chi connectivity index (χ1n) is 7.05. The quantitative estimate of drug-likeness (QED) is 0.939. The van der Waals surface area contributed by atoms with E-state index in [0.29, 0.717) is 19.0 Å². The molecule has 1 aliphatic heterocycles. The summed E-state index contributed by atoms with van der Waals surface area (Å²) in [4.78, 5) is 7.83. The minimum absolute atomic E-state index is 0.0409. The second-order valence-electron chi connectivity index (χ2n) is 5.97. The summed E-state index contributed by atoms with van der Waals surface area (Å²) in [5.74, 6) is 0.672. The Morgan fingerprint density at radius 2 is 2.38 bits per heavy atom. The molecule has 0 spiro atoms. The lowest BCUT2D eigenvalue weighted by Gasteiger charge is -2.42. The molecule has 21 heavy (non-hydrogen) atoms. The number of oxazole rings is 1. The van der Waals surface area contributed by atoms with Crippen molar-refractivity contribution in [2.24, 2.45) is 0 Å². The molecule has 1 N–H and O–H groups in total. The molecular weight excluding hydrogens is 288 g/mol. The van der Waals surface area contributed by atoms with Crippen molar-refractivity contribution in [3.63, 3.8) is 0 Å². The topological polar surface area (TPSA) is 58.7 Å². The van der Waals surface area contributed by atoms with Gasteiger partial charge in [0.25, 0.3) is 0 Å². The Balaban J connectivity index is 1.68. The number of ether oxygens (including phenoxy) is 1. The lowest BCUT2D eigenvalue weighted by molar-refractivity contribution is -0.150. The van der Waals surface area contributed by atoms with Crippen LogP contribution in [0.25, 0.3) is 10.8 Å². The lowest BCUT2D eigenvalue weighted by atomic mass is 10.1. The van der Waals surface area contributed by atoms with Gasteiger partial charge in [-0.05, 0) is 25.3 Å². The van der Waals surface area contributed by atoms with Crippen LogP contribution in [-0.4, -0.2) is 46.4 Å². The van der Waals surface area contributed by atoms with E-state index < -0.39 is 0 Å². The van der Waals surface area contributed by atoms with Crippen LogP contribution in [-0.2, 0) is 11.3 Å². The van der Waals surface area contributed by atoms with Crippen LogP contribution in [0.4, 0.5) is 0 Å². The number of hydrogen-bond acceptors (Lipinski definition) is 6. The molecule has 5 nitrogen and oxygen atoms in total. The number of aliphatic hydroxyl groups excluding tert-OH is 1. The van der Waals surface area contributed by atoms with E-state index in [-0.39, 0.29) is 18.3 Å². The molecular formula is C15H20N2O3S. The van der Waals surface area contributed by atoms with Gasteiger partial charge in [-0.25, -0.2) is 4.98 Å². The monoisotopic (exact) mass is 308 g/mol. The third-order valence-electron chi connectivity index (χ3n) is 3.42. The zero-order valence-corrected chi connectivity index (χ0v) is 13.1. The number of aromatic nitrogens is 1.